The minimum atomic E-state index is 0.505. The number of nitrogens with one attached hydrogen (secondary N) is 1. The minimum absolute atomic E-state index is 0.505. The Morgan fingerprint density at radius 2 is 2.10 bits per heavy atom. The van der Waals surface area contributed by atoms with Crippen molar-refractivity contribution in [1.82, 2.24) is 29.7 Å². The number of rotatable bonds is 5. The highest BCUT2D eigenvalue weighted by Gasteiger charge is 2.26. The molecule has 0 aromatic carbocycles. The maximum absolute atomic E-state index is 4.56. The summed E-state index contributed by atoms with van der Waals surface area (Å²) in [4.78, 5) is 20.8. The van der Waals surface area contributed by atoms with Crippen LogP contribution < -0.4 is 0 Å². The van der Waals surface area contributed by atoms with Crippen LogP contribution in [0.2, 0.25) is 0 Å². The third-order valence-electron chi connectivity index (χ3n) is 3.81. The molecule has 0 saturated carbocycles. The van der Waals surface area contributed by atoms with Crippen LogP contribution in [0.1, 0.15) is 29.4 Å². The number of nitrogens with zero attached hydrogens (tertiary/aromatic N) is 5. The average molecular weight is 286 g/mol. The normalized spacial score (nSPS) is 19.5. The summed E-state index contributed by atoms with van der Waals surface area (Å²) in [5.74, 6) is 1.63. The van der Waals surface area contributed by atoms with Gasteiger partial charge in [0.2, 0.25) is 0 Å². The third kappa shape index (κ3) is 3.65. The van der Waals surface area contributed by atoms with Gasteiger partial charge in [0.1, 0.15) is 12.2 Å². The molecular formula is C15H22N6. The Kier molecular flexibility index (Phi) is 4.26. The molecule has 6 nitrogen and oxygen atoms in total. The maximum atomic E-state index is 4.56. The lowest BCUT2D eigenvalue weighted by Crippen LogP contribution is -2.20. The standard InChI is InChI=1S/C15H22N6/c1-20(2)10-14-7-18-15(19-14)13-3-4-21(9-13)8-12-5-16-11-17-6-12/h5-7,11,13H,3-4,8-10H2,1-2H3,(H,18,19). The fourth-order valence-electron chi connectivity index (χ4n) is 2.87. The Hall–Kier alpha value is -1.79. The van der Waals surface area contributed by atoms with E-state index in [9.17, 15) is 0 Å². The first-order valence-corrected chi connectivity index (χ1v) is 7.35. The highest BCUT2D eigenvalue weighted by atomic mass is 15.2. The molecule has 3 rings (SSSR count). The number of hydrogen-bond donors (Lipinski definition) is 1. The van der Waals surface area contributed by atoms with Crippen molar-refractivity contribution in [3.05, 3.63) is 42.0 Å². The lowest BCUT2D eigenvalue weighted by molar-refractivity contribution is 0.325. The molecule has 0 bridgehead atoms. The first-order chi connectivity index (χ1) is 10.2. The van der Waals surface area contributed by atoms with Gasteiger partial charge in [0, 0.05) is 55.4 Å². The van der Waals surface area contributed by atoms with Crippen molar-refractivity contribution in [2.24, 2.45) is 0 Å². The van der Waals surface area contributed by atoms with Gasteiger partial charge in [-0.15, -0.1) is 0 Å². The zero-order chi connectivity index (χ0) is 14.7. The molecule has 6 heteroatoms. The quantitative estimate of drug-likeness (QED) is 0.896. The second kappa shape index (κ2) is 6.32. The van der Waals surface area contributed by atoms with Gasteiger partial charge in [0.25, 0.3) is 0 Å². The van der Waals surface area contributed by atoms with Gasteiger partial charge < -0.3 is 9.88 Å². The topological polar surface area (TPSA) is 60.9 Å². The first-order valence-electron chi connectivity index (χ1n) is 7.35. The predicted molar refractivity (Wildman–Crippen MR) is 80.6 cm³/mol. The molecule has 1 unspecified atom stereocenters. The van der Waals surface area contributed by atoms with Gasteiger partial charge in [-0.1, -0.05) is 0 Å². The van der Waals surface area contributed by atoms with Crippen molar-refractivity contribution in [3.63, 3.8) is 0 Å². The van der Waals surface area contributed by atoms with Gasteiger partial charge in [-0.3, -0.25) is 4.90 Å². The zero-order valence-electron chi connectivity index (χ0n) is 12.7. The molecule has 1 atom stereocenters. The van der Waals surface area contributed by atoms with Gasteiger partial charge in [-0.25, -0.2) is 15.0 Å². The molecular weight excluding hydrogens is 264 g/mol. The third-order valence-corrected chi connectivity index (χ3v) is 3.81. The van der Waals surface area contributed by atoms with Crippen LogP contribution in [0.5, 0.6) is 0 Å². The molecule has 0 aliphatic carbocycles. The molecule has 112 valence electrons. The molecule has 0 radical (unpaired) electrons. The molecule has 1 saturated heterocycles. The monoisotopic (exact) mass is 286 g/mol. The molecule has 2 aromatic heterocycles. The molecule has 1 fully saturated rings. The van der Waals surface area contributed by atoms with E-state index in [0.29, 0.717) is 5.92 Å². The van der Waals surface area contributed by atoms with Crippen LogP contribution in [0.15, 0.2) is 24.9 Å². The number of imidazole rings is 1. The Morgan fingerprint density at radius 1 is 1.29 bits per heavy atom. The van der Waals surface area contributed by atoms with Crippen LogP contribution in [-0.4, -0.2) is 56.9 Å². The summed E-state index contributed by atoms with van der Waals surface area (Å²) in [6.07, 6.45) is 8.47. The SMILES string of the molecule is CN(C)Cc1cnc(C2CCN(Cc3cncnc3)C2)[nH]1. The fraction of sp³-hybridized carbons (Fsp3) is 0.533. The summed E-state index contributed by atoms with van der Waals surface area (Å²) in [6, 6.07) is 0. The number of aromatic nitrogens is 4. The second-order valence-corrected chi connectivity index (χ2v) is 6.00. The zero-order valence-corrected chi connectivity index (χ0v) is 12.7. The molecule has 0 amide bonds. The Labute approximate surface area is 125 Å². The number of aromatic amines is 1. The van der Waals surface area contributed by atoms with Gasteiger partial charge in [0.05, 0.1) is 0 Å². The Bertz CT molecular complexity index is 565. The smallest absolute Gasteiger partial charge is 0.115 e. The number of H-pyrrole nitrogens is 1. The minimum Gasteiger partial charge on any atom is -0.345 e. The van der Waals surface area contributed by atoms with Crippen molar-refractivity contribution in [2.75, 3.05) is 27.2 Å². The van der Waals surface area contributed by atoms with Crippen LogP contribution in [0.3, 0.4) is 0 Å². The molecule has 1 aliphatic rings. The van der Waals surface area contributed by atoms with E-state index in [0.717, 1.165) is 38.4 Å². The predicted octanol–water partition coefficient (Wildman–Crippen LogP) is 1.25. The van der Waals surface area contributed by atoms with E-state index in [4.69, 9.17) is 0 Å². The van der Waals surface area contributed by atoms with Crippen LogP contribution in [-0.2, 0) is 13.1 Å². The van der Waals surface area contributed by atoms with E-state index in [-0.39, 0.29) is 0 Å². The molecule has 1 N–H and O–H groups in total. The largest absolute Gasteiger partial charge is 0.345 e. The van der Waals surface area contributed by atoms with Gasteiger partial charge in [-0.2, -0.15) is 0 Å². The second-order valence-electron chi connectivity index (χ2n) is 6.00. The Morgan fingerprint density at radius 3 is 2.86 bits per heavy atom. The summed E-state index contributed by atoms with van der Waals surface area (Å²) >= 11 is 0. The lowest BCUT2D eigenvalue weighted by atomic mass is 10.1. The molecule has 21 heavy (non-hydrogen) atoms. The Balaban J connectivity index is 1.58. The summed E-state index contributed by atoms with van der Waals surface area (Å²) in [7, 11) is 4.14. The van der Waals surface area contributed by atoms with E-state index in [1.165, 1.54) is 11.3 Å². The highest BCUT2D eigenvalue weighted by molar-refractivity contribution is 5.09. The van der Waals surface area contributed by atoms with Crippen LogP contribution in [0, 0.1) is 0 Å². The lowest BCUT2D eigenvalue weighted by Gasteiger charge is -2.14. The summed E-state index contributed by atoms with van der Waals surface area (Å²) in [5, 5.41) is 0. The van der Waals surface area contributed by atoms with Crippen LogP contribution in [0.4, 0.5) is 0 Å². The van der Waals surface area contributed by atoms with Crippen molar-refractivity contribution in [1.29, 1.82) is 0 Å². The van der Waals surface area contributed by atoms with Crippen LogP contribution in [0.25, 0.3) is 0 Å². The van der Waals surface area contributed by atoms with Gasteiger partial charge >= 0.3 is 0 Å². The number of hydrogen-bond acceptors (Lipinski definition) is 5. The maximum Gasteiger partial charge on any atom is 0.115 e. The van der Waals surface area contributed by atoms with E-state index in [2.05, 4.69) is 43.8 Å². The van der Waals surface area contributed by atoms with E-state index >= 15 is 0 Å². The molecule has 0 spiro atoms. The van der Waals surface area contributed by atoms with E-state index < -0.39 is 0 Å². The van der Waals surface area contributed by atoms with Gasteiger partial charge in [-0.05, 0) is 27.1 Å². The van der Waals surface area contributed by atoms with E-state index in [1.54, 1.807) is 6.33 Å². The highest BCUT2D eigenvalue weighted by Crippen LogP contribution is 2.26. The van der Waals surface area contributed by atoms with Crippen molar-refractivity contribution in [2.45, 2.75) is 25.4 Å². The first kappa shape index (κ1) is 14.2. The average Bonchev–Trinajstić information content (AvgIpc) is 3.08. The van der Waals surface area contributed by atoms with Crippen LogP contribution >= 0.6 is 0 Å². The fourth-order valence-corrected chi connectivity index (χ4v) is 2.87. The molecule has 1 aliphatic heterocycles. The summed E-state index contributed by atoms with van der Waals surface area (Å²) in [5.41, 5.74) is 2.36. The summed E-state index contributed by atoms with van der Waals surface area (Å²) in [6.45, 7) is 3.97. The molecule has 3 heterocycles. The summed E-state index contributed by atoms with van der Waals surface area (Å²) < 4.78 is 0. The molecule has 2 aromatic rings. The van der Waals surface area contributed by atoms with Crippen molar-refractivity contribution >= 4 is 0 Å². The van der Waals surface area contributed by atoms with Gasteiger partial charge in [0.15, 0.2) is 0 Å². The van der Waals surface area contributed by atoms with Crippen molar-refractivity contribution < 1.29 is 0 Å². The number of likely N-dealkylation sites (tertiary alicyclic amines) is 1. The van der Waals surface area contributed by atoms with E-state index in [1.807, 2.05) is 18.6 Å². The van der Waals surface area contributed by atoms with Crippen molar-refractivity contribution in [3.8, 4) is 0 Å².